The fraction of sp³-hybridized carbons (Fsp3) is 0.561. The van der Waals surface area contributed by atoms with Gasteiger partial charge >= 0.3 is 5.97 Å². The molecular weight excluding hydrogens is 1710 g/mol. The van der Waals surface area contributed by atoms with Gasteiger partial charge in [0.25, 0.3) is 0 Å². The number of aliphatic carboxylic acids is 1. The molecule has 1 saturated carbocycles. The highest BCUT2D eigenvalue weighted by Gasteiger charge is 2.45. The monoisotopic (exact) mass is 1830 g/mol. The first-order chi connectivity index (χ1) is 62.3. The number of anilines is 8. The second-order valence-corrected chi connectivity index (χ2v) is 39.2. The van der Waals surface area contributed by atoms with E-state index in [1.165, 1.54) is 44.9 Å². The number of benzene rings is 4. The lowest BCUT2D eigenvalue weighted by atomic mass is 9.76. The Kier molecular flexibility index (Phi) is 33.4. The van der Waals surface area contributed by atoms with Gasteiger partial charge in [-0.1, -0.05) is 94.9 Å². The first kappa shape index (κ1) is 96.0. The molecule has 0 bridgehead atoms. The van der Waals surface area contributed by atoms with E-state index in [1.807, 2.05) is 109 Å². The van der Waals surface area contributed by atoms with Gasteiger partial charge in [-0.05, 0) is 269 Å². The number of aliphatic hydroxyl groups is 3. The first-order valence-corrected chi connectivity index (χ1v) is 48.1. The van der Waals surface area contributed by atoms with Gasteiger partial charge in [0.05, 0.1) is 86.6 Å². The van der Waals surface area contributed by atoms with Crippen LogP contribution in [0, 0.1) is 111 Å². The van der Waals surface area contributed by atoms with Crippen LogP contribution in [0.1, 0.15) is 178 Å². The summed E-state index contributed by atoms with van der Waals surface area (Å²) in [6.45, 7) is 37.9. The molecule has 0 radical (unpaired) electrons. The number of aryl methyl sites for hydroxylation is 5. The average Bonchev–Trinajstić information content (AvgIpc) is 0.777. The van der Waals surface area contributed by atoms with E-state index in [0.717, 1.165) is 239 Å². The maximum absolute atomic E-state index is 11.2. The number of carboxylic acids is 1. The molecule has 8 saturated heterocycles. The lowest BCUT2D eigenvalue weighted by Crippen LogP contribution is -2.56. The fourth-order valence-corrected chi connectivity index (χ4v) is 21.7. The highest BCUT2D eigenvalue weighted by molar-refractivity contribution is 6.32. The van der Waals surface area contributed by atoms with Crippen molar-refractivity contribution in [1.82, 2.24) is 59.5 Å². The predicted octanol–water partition coefficient (Wildman–Crippen LogP) is 15.9. The molecule has 8 unspecified atom stereocenters. The normalized spacial score (nSPS) is 22.2. The molecule has 31 heteroatoms. The van der Waals surface area contributed by atoms with Crippen LogP contribution in [0.15, 0.2) is 104 Å². The molecule has 17 rings (SSSR count). The number of hydrogen-bond donors (Lipinski definition) is 8. The van der Waals surface area contributed by atoms with Crippen molar-refractivity contribution in [2.24, 2.45) is 53.3 Å². The molecule has 8 aromatic rings. The zero-order valence-electron chi connectivity index (χ0n) is 76.3. The molecule has 27 nitrogen and oxygen atoms in total. The smallest absolute Gasteiger partial charge is 0.306 e. The van der Waals surface area contributed by atoms with E-state index in [-0.39, 0.29) is 49.9 Å². The number of β-amino-alcohol motifs (C(OH)–C–C–N with tert-alkyl or cyclic N) is 3. The minimum absolute atomic E-state index is 0.0419. The number of likely N-dealkylation sites (tertiary alicyclic amines) is 4. The van der Waals surface area contributed by atoms with Crippen LogP contribution in [0.2, 0.25) is 20.1 Å². The summed E-state index contributed by atoms with van der Waals surface area (Å²) in [5, 5.41) is 72.7. The summed E-state index contributed by atoms with van der Waals surface area (Å²) in [6.07, 6.45) is 20.2. The highest BCUT2D eigenvalue weighted by Crippen LogP contribution is 2.43. The summed E-state index contributed by atoms with van der Waals surface area (Å²) in [5.74, 6) is 10.4. The molecule has 1 aliphatic carbocycles. The van der Waals surface area contributed by atoms with Crippen LogP contribution in [0.3, 0.4) is 0 Å². The largest absolute Gasteiger partial charge is 0.481 e. The van der Waals surface area contributed by atoms with Crippen molar-refractivity contribution >= 4 is 99.0 Å². The van der Waals surface area contributed by atoms with Gasteiger partial charge in [0.1, 0.15) is 52.6 Å². The van der Waals surface area contributed by atoms with Crippen molar-refractivity contribution in [2.75, 3.05) is 185 Å². The Morgan fingerprint density at radius 1 is 0.442 bits per heavy atom. The lowest BCUT2D eigenvalue weighted by Gasteiger charge is -2.50. The number of aliphatic hydroxyl groups excluding tert-OH is 3. The second-order valence-electron chi connectivity index (χ2n) is 37.6. The Bertz CT molecular complexity index is 5170. The maximum atomic E-state index is 11.2. The van der Waals surface area contributed by atoms with Crippen LogP contribution < -0.4 is 40.9 Å². The number of nitriles is 2. The number of hydrogen-bond acceptors (Lipinski definition) is 26. The number of nitrogens with one attached hydrogen (secondary N) is 4. The van der Waals surface area contributed by atoms with Crippen molar-refractivity contribution in [3.05, 3.63) is 185 Å². The van der Waals surface area contributed by atoms with Crippen molar-refractivity contribution in [3.8, 4) is 12.1 Å². The molecule has 690 valence electrons. The number of carbonyl (C=O) groups is 1. The maximum Gasteiger partial charge on any atom is 0.306 e. The highest BCUT2D eigenvalue weighted by atomic mass is 35.5. The molecule has 12 heterocycles. The third kappa shape index (κ3) is 24.6. The van der Waals surface area contributed by atoms with Crippen molar-refractivity contribution in [3.63, 3.8) is 0 Å². The van der Waals surface area contributed by atoms with E-state index in [2.05, 4.69) is 131 Å². The van der Waals surface area contributed by atoms with Crippen LogP contribution in [0.4, 0.5) is 46.7 Å². The molecule has 8 aliphatic heterocycles. The average molecular weight is 1840 g/mol. The summed E-state index contributed by atoms with van der Waals surface area (Å²) in [7, 11) is 0. The lowest BCUT2D eigenvalue weighted by molar-refractivity contribution is -0.147. The molecule has 4 aromatic heterocycles. The summed E-state index contributed by atoms with van der Waals surface area (Å²) in [6, 6.07) is 29.0. The summed E-state index contributed by atoms with van der Waals surface area (Å²) >= 11 is 25.8. The van der Waals surface area contributed by atoms with Crippen LogP contribution >= 0.6 is 46.4 Å². The Labute approximate surface area is 781 Å². The van der Waals surface area contributed by atoms with Crippen LogP contribution in [0.25, 0.3) is 0 Å². The molecule has 0 amide bonds. The zero-order chi connectivity index (χ0) is 91.1. The Morgan fingerprint density at radius 3 is 1.29 bits per heavy atom. The number of aromatic nitrogens is 8. The fourth-order valence-electron chi connectivity index (χ4n) is 20.1. The molecule has 0 spiro atoms. The zero-order valence-corrected chi connectivity index (χ0v) is 79.3. The standard InChI is InChI=1S/C27H33ClN6O2.C24H31ClN6O.C24H34ClN5O.C23H32ClN5O/c1-16-5-6-22(23(28)8-16)17(2)31-25-12-30-24(11-29)26(32-25)34-14-20(15-34)18-4-3-7-33(13-18)21-9-19(10-21)27(35)36;1-16-5-6-21(22(25)10-16)17(2)28-23-19(11-26)12-27-24(29-23)31-14-20(15-31)18-4-3-7-30(13-18)8-9-32;1-16-6-7-21(22(25)11-16)17(2)27-24-18(3)26-12-23(28-24)30-14-20(15-30)19-5-4-8-29(13-19)9-10-31;1-16-5-6-20(21(24)10-16)17(2)26-22-11-25-12-23(27-22)29-14-19(15-29)18-4-3-7-28(13-18)8-9-30/h5-6,8,12,17-21H,3-4,7,9-10,13-15H2,1-2H3,(H,31,32)(H,35,36);5-6,10,12,17-18,20,32H,3-4,7-9,13-15H2,1-2H3,(H,27,28,29);6-7,11-12,17,19-20,31H,4-5,8-10,13-15H2,1-3H3,(H,27,28);5-6,10-12,17-19,30H,3-4,7-9,13-15H2,1-2H3,(H,26,27). The second kappa shape index (κ2) is 44.9. The van der Waals surface area contributed by atoms with Gasteiger partial charge in [-0.15, -0.1) is 0 Å². The number of rotatable bonds is 28. The third-order valence-electron chi connectivity index (χ3n) is 28.1. The molecule has 129 heavy (non-hydrogen) atoms. The van der Waals surface area contributed by atoms with Gasteiger partial charge in [-0.3, -0.25) is 14.8 Å². The Balaban J connectivity index is 0.000000139. The third-order valence-corrected chi connectivity index (χ3v) is 29.4. The van der Waals surface area contributed by atoms with Gasteiger partial charge in [0.2, 0.25) is 5.95 Å². The molecule has 9 fully saturated rings. The van der Waals surface area contributed by atoms with Gasteiger partial charge in [-0.2, -0.15) is 15.5 Å². The molecule has 8 N–H and O–H groups in total. The van der Waals surface area contributed by atoms with E-state index in [9.17, 15) is 35.7 Å². The molecule has 8 atom stereocenters. The minimum atomic E-state index is -0.656. The van der Waals surface area contributed by atoms with Crippen molar-refractivity contribution < 1.29 is 25.2 Å². The number of piperidine rings is 4. The Morgan fingerprint density at radius 2 is 0.853 bits per heavy atom. The number of nitrogens with zero attached hydrogens (tertiary/aromatic N) is 18. The van der Waals surface area contributed by atoms with Gasteiger partial charge in [0.15, 0.2) is 11.5 Å². The molecule has 9 aliphatic rings. The van der Waals surface area contributed by atoms with Crippen LogP contribution in [0.5, 0.6) is 0 Å². The Hall–Kier alpha value is -9.07. The van der Waals surface area contributed by atoms with Gasteiger partial charge in [0, 0.05) is 124 Å². The summed E-state index contributed by atoms with van der Waals surface area (Å²) in [4.78, 5) is 66.9. The van der Waals surface area contributed by atoms with Gasteiger partial charge < -0.3 is 80.9 Å². The van der Waals surface area contributed by atoms with E-state index in [1.54, 1.807) is 18.6 Å². The molecular formula is C98H130Cl4N22O5. The van der Waals surface area contributed by atoms with E-state index in [0.29, 0.717) is 86.3 Å². The van der Waals surface area contributed by atoms with Crippen molar-refractivity contribution in [1.29, 1.82) is 10.5 Å². The van der Waals surface area contributed by atoms with E-state index >= 15 is 0 Å². The summed E-state index contributed by atoms with van der Waals surface area (Å²) < 4.78 is 0. The predicted molar refractivity (Wildman–Crippen MR) is 515 cm³/mol. The van der Waals surface area contributed by atoms with Gasteiger partial charge in [-0.25, -0.2) is 24.9 Å². The number of halogens is 4. The topological polar surface area (TPSA) is 323 Å². The van der Waals surface area contributed by atoms with Crippen LogP contribution in [-0.4, -0.2) is 236 Å². The quantitative estimate of drug-likeness (QED) is 0.0226. The first-order valence-electron chi connectivity index (χ1n) is 46.5. The molecule has 4 aromatic carbocycles. The SMILES string of the molecule is Cc1ccc(C(C)Nc2cnc(C#N)c(N3CC(C4CCCN(C5CC(C(=O)O)C5)C4)C3)n2)c(Cl)c1.Cc1ccc(C(C)Nc2cncc(N3CC(C4CCCN(CCO)C4)C3)n2)c(Cl)c1.Cc1ccc(C(C)Nc2nc(N3CC(C4CCCN(CCO)C4)C3)cnc2C)c(Cl)c1.Cc1ccc(C(C)Nc2nc(N3CC(C4CCCN(CCO)C4)C3)ncc2C#N)c(Cl)c1. The van der Waals surface area contributed by atoms with Crippen molar-refractivity contribution in [2.45, 2.75) is 157 Å². The van der Waals surface area contributed by atoms with E-state index < -0.39 is 5.97 Å². The minimum Gasteiger partial charge on any atom is -0.481 e. The van der Waals surface area contributed by atoms with Crippen LogP contribution in [-0.2, 0) is 4.79 Å². The number of carboxylic acid groups (broad SMARTS) is 1. The summed E-state index contributed by atoms with van der Waals surface area (Å²) in [5.41, 5.74) is 10.3. The van der Waals surface area contributed by atoms with E-state index in [4.69, 9.17) is 66.3 Å².